The van der Waals surface area contributed by atoms with E-state index in [1.165, 1.54) is 25.7 Å². The zero-order chi connectivity index (χ0) is 17.2. The van der Waals surface area contributed by atoms with Gasteiger partial charge in [0.25, 0.3) is 0 Å². The van der Waals surface area contributed by atoms with Gasteiger partial charge in [0.05, 0.1) is 11.9 Å². The van der Waals surface area contributed by atoms with E-state index >= 15 is 0 Å². The Bertz CT molecular complexity index is 863. The molecule has 0 atom stereocenters. The average Bonchev–Trinajstić information content (AvgIpc) is 2.81. The number of nitrogens with zero attached hydrogens (tertiary/aromatic N) is 4. The second kappa shape index (κ2) is 6.92. The molecule has 1 aromatic carbocycles. The van der Waals surface area contributed by atoms with Crippen molar-refractivity contribution in [1.82, 2.24) is 14.8 Å². The van der Waals surface area contributed by atoms with Crippen molar-refractivity contribution < 1.29 is 0 Å². The van der Waals surface area contributed by atoms with Gasteiger partial charge in [-0.05, 0) is 42.7 Å². The monoisotopic (exact) mass is 355 g/mol. The Balaban J connectivity index is 1.69. The highest BCUT2D eigenvalue weighted by Gasteiger charge is 2.15. The first-order valence-electron chi connectivity index (χ1n) is 8.83. The molecule has 0 amide bonds. The maximum atomic E-state index is 6.10. The Labute approximate surface area is 152 Å². The van der Waals surface area contributed by atoms with Crippen LogP contribution >= 0.6 is 11.6 Å². The first-order valence-corrected chi connectivity index (χ1v) is 9.21. The number of anilines is 2. The van der Waals surface area contributed by atoms with Gasteiger partial charge in [0, 0.05) is 18.1 Å². The lowest BCUT2D eigenvalue weighted by Gasteiger charge is -2.21. The number of benzene rings is 1. The van der Waals surface area contributed by atoms with Crippen LogP contribution in [0.4, 0.5) is 11.6 Å². The lowest BCUT2D eigenvalue weighted by molar-refractivity contribution is 0.705. The first-order chi connectivity index (χ1) is 12.2. The van der Waals surface area contributed by atoms with Crippen LogP contribution in [-0.4, -0.2) is 27.9 Å². The van der Waals surface area contributed by atoms with Crippen LogP contribution in [0.3, 0.4) is 0 Å². The number of halogens is 1. The molecule has 1 aliphatic rings. The van der Waals surface area contributed by atoms with E-state index in [0.29, 0.717) is 12.4 Å². The minimum absolute atomic E-state index is 0.527. The average molecular weight is 356 g/mol. The van der Waals surface area contributed by atoms with Crippen molar-refractivity contribution in [2.45, 2.75) is 32.2 Å². The number of nitrogen functional groups attached to an aromatic ring is 1. The summed E-state index contributed by atoms with van der Waals surface area (Å²) in [5.74, 6) is 1.55. The van der Waals surface area contributed by atoms with Crippen molar-refractivity contribution in [1.29, 1.82) is 0 Å². The molecule has 6 heteroatoms. The topological polar surface area (TPSA) is 60.0 Å². The molecular formula is C19H22ClN5. The molecule has 3 heterocycles. The number of pyridine rings is 1. The Morgan fingerprint density at radius 2 is 1.68 bits per heavy atom. The van der Waals surface area contributed by atoms with Gasteiger partial charge in [-0.15, -0.1) is 0 Å². The van der Waals surface area contributed by atoms with E-state index in [0.717, 1.165) is 40.5 Å². The van der Waals surface area contributed by atoms with Crippen LogP contribution in [0.2, 0.25) is 5.02 Å². The molecule has 25 heavy (non-hydrogen) atoms. The van der Waals surface area contributed by atoms with Crippen LogP contribution in [0.25, 0.3) is 11.0 Å². The normalized spacial score (nSPS) is 15.5. The molecule has 0 saturated carbocycles. The molecule has 1 aliphatic heterocycles. The van der Waals surface area contributed by atoms with Gasteiger partial charge < -0.3 is 10.6 Å². The van der Waals surface area contributed by atoms with Gasteiger partial charge >= 0.3 is 0 Å². The van der Waals surface area contributed by atoms with Gasteiger partial charge in [0.2, 0.25) is 0 Å². The van der Waals surface area contributed by atoms with Crippen molar-refractivity contribution in [2.24, 2.45) is 0 Å². The van der Waals surface area contributed by atoms with Crippen molar-refractivity contribution >= 4 is 34.3 Å². The number of hydrogen-bond acceptors (Lipinski definition) is 4. The van der Waals surface area contributed by atoms with E-state index in [-0.39, 0.29) is 0 Å². The lowest BCUT2D eigenvalue weighted by atomic mass is 10.2. The van der Waals surface area contributed by atoms with E-state index in [9.17, 15) is 0 Å². The Morgan fingerprint density at radius 1 is 0.960 bits per heavy atom. The van der Waals surface area contributed by atoms with Crippen molar-refractivity contribution in [2.75, 3.05) is 23.7 Å². The fourth-order valence-electron chi connectivity index (χ4n) is 3.42. The summed E-state index contributed by atoms with van der Waals surface area (Å²) in [7, 11) is 0. The van der Waals surface area contributed by atoms with Crippen molar-refractivity contribution in [3.8, 4) is 0 Å². The summed E-state index contributed by atoms with van der Waals surface area (Å²) in [6, 6.07) is 11.9. The molecule has 1 saturated heterocycles. The molecule has 4 rings (SSSR count). The quantitative estimate of drug-likeness (QED) is 0.768. The van der Waals surface area contributed by atoms with Crippen LogP contribution in [-0.2, 0) is 6.54 Å². The number of nitrogens with two attached hydrogens (primary N) is 1. The summed E-state index contributed by atoms with van der Waals surface area (Å²) < 4.78 is 1.88. The van der Waals surface area contributed by atoms with Gasteiger partial charge in [0.1, 0.15) is 5.82 Å². The van der Waals surface area contributed by atoms with Crippen LogP contribution in [0.5, 0.6) is 0 Å². The third-order valence-electron chi connectivity index (χ3n) is 4.78. The highest BCUT2D eigenvalue weighted by atomic mass is 35.5. The largest absolute Gasteiger partial charge is 0.382 e. The SMILES string of the molecule is Nc1nn(Cc2ccc(Cl)cc2)c2nc(N3CCCCCC3)ccc12. The smallest absolute Gasteiger partial charge is 0.162 e. The Morgan fingerprint density at radius 3 is 2.40 bits per heavy atom. The highest BCUT2D eigenvalue weighted by Crippen LogP contribution is 2.25. The highest BCUT2D eigenvalue weighted by molar-refractivity contribution is 6.30. The third kappa shape index (κ3) is 3.42. The van der Waals surface area contributed by atoms with Crippen molar-refractivity contribution in [3.63, 3.8) is 0 Å². The number of hydrogen-bond donors (Lipinski definition) is 1. The number of rotatable bonds is 3. The summed E-state index contributed by atoms with van der Waals surface area (Å²) in [5.41, 5.74) is 8.06. The molecule has 130 valence electrons. The second-order valence-corrected chi connectivity index (χ2v) is 7.05. The van der Waals surface area contributed by atoms with E-state index in [1.807, 2.05) is 35.0 Å². The molecule has 0 radical (unpaired) electrons. The van der Waals surface area contributed by atoms with Gasteiger partial charge in [0.15, 0.2) is 11.5 Å². The maximum absolute atomic E-state index is 6.10. The van der Waals surface area contributed by atoms with Gasteiger partial charge in [-0.1, -0.05) is 36.6 Å². The molecule has 0 aliphatic carbocycles. The van der Waals surface area contributed by atoms with Crippen LogP contribution < -0.4 is 10.6 Å². The summed E-state index contributed by atoms with van der Waals surface area (Å²) in [4.78, 5) is 7.27. The third-order valence-corrected chi connectivity index (χ3v) is 5.04. The molecule has 0 bridgehead atoms. The summed E-state index contributed by atoms with van der Waals surface area (Å²) in [6.45, 7) is 2.76. The molecule has 1 fully saturated rings. The Kier molecular flexibility index (Phi) is 4.49. The van der Waals surface area contributed by atoms with Gasteiger partial charge in [-0.25, -0.2) is 9.67 Å². The summed E-state index contributed by atoms with van der Waals surface area (Å²) in [6.07, 6.45) is 5.07. The second-order valence-electron chi connectivity index (χ2n) is 6.61. The molecule has 2 N–H and O–H groups in total. The number of fused-ring (bicyclic) bond motifs is 1. The lowest BCUT2D eigenvalue weighted by Crippen LogP contribution is -2.24. The fraction of sp³-hybridized carbons (Fsp3) is 0.368. The minimum Gasteiger partial charge on any atom is -0.382 e. The van der Waals surface area contributed by atoms with Crippen LogP contribution in [0.1, 0.15) is 31.2 Å². The standard InChI is InChI=1S/C19H22ClN5/c20-15-7-5-14(6-8-15)13-25-19-16(18(21)23-25)9-10-17(22-19)24-11-3-1-2-4-12-24/h5-10H,1-4,11-13H2,(H2,21,23). The van der Waals surface area contributed by atoms with Gasteiger partial charge in [-0.2, -0.15) is 5.10 Å². The molecule has 0 unspecified atom stereocenters. The summed E-state index contributed by atoms with van der Waals surface area (Å²) in [5, 5.41) is 6.13. The maximum Gasteiger partial charge on any atom is 0.162 e. The predicted molar refractivity (Wildman–Crippen MR) is 103 cm³/mol. The molecule has 3 aromatic rings. The van der Waals surface area contributed by atoms with Crippen LogP contribution in [0, 0.1) is 0 Å². The number of aromatic nitrogens is 3. The summed E-state index contributed by atoms with van der Waals surface area (Å²) >= 11 is 5.97. The van der Waals surface area contributed by atoms with Crippen LogP contribution in [0.15, 0.2) is 36.4 Å². The first kappa shape index (κ1) is 16.2. The van der Waals surface area contributed by atoms with Gasteiger partial charge in [-0.3, -0.25) is 0 Å². The fourth-order valence-corrected chi connectivity index (χ4v) is 3.54. The zero-order valence-corrected chi connectivity index (χ0v) is 14.9. The molecule has 2 aromatic heterocycles. The molecule has 5 nitrogen and oxygen atoms in total. The predicted octanol–water partition coefficient (Wildman–Crippen LogP) is 4.10. The molecular weight excluding hydrogens is 334 g/mol. The minimum atomic E-state index is 0.527. The Hall–Kier alpha value is -2.27. The van der Waals surface area contributed by atoms with Crippen molar-refractivity contribution in [3.05, 3.63) is 47.0 Å². The molecule has 0 spiro atoms. The van der Waals surface area contributed by atoms with E-state index in [4.69, 9.17) is 22.3 Å². The zero-order valence-electron chi connectivity index (χ0n) is 14.2. The van der Waals surface area contributed by atoms with E-state index in [1.54, 1.807) is 0 Å². The van der Waals surface area contributed by atoms with E-state index in [2.05, 4.69) is 16.1 Å². The van der Waals surface area contributed by atoms with E-state index < -0.39 is 0 Å².